The molecule has 1 saturated carbocycles. The zero-order chi connectivity index (χ0) is 8.10. The number of unbranched alkanes of at least 4 members (excludes halogenated alkanes) is 1. The molecule has 1 heteroatoms. The number of fused-ring (bicyclic) bond motifs is 1. The lowest BCUT2D eigenvalue weighted by Gasteiger charge is -2.00. The maximum absolute atomic E-state index is 5.28. The van der Waals surface area contributed by atoms with Crippen molar-refractivity contribution in [1.29, 1.82) is 0 Å². The summed E-state index contributed by atoms with van der Waals surface area (Å²) in [7, 11) is 0. The van der Waals surface area contributed by atoms with Gasteiger partial charge in [-0.15, -0.1) is 0 Å². The van der Waals surface area contributed by atoms with Crippen LogP contribution in [0.25, 0.3) is 0 Å². The van der Waals surface area contributed by atoms with Gasteiger partial charge in [-0.1, -0.05) is 39.5 Å². The summed E-state index contributed by atoms with van der Waals surface area (Å²) in [6.07, 6.45) is 9.53. The van der Waals surface area contributed by atoms with Crippen molar-refractivity contribution < 1.29 is 4.74 Å². The Morgan fingerprint density at radius 3 is 1.73 bits per heavy atom. The van der Waals surface area contributed by atoms with E-state index in [1.165, 1.54) is 38.5 Å². The van der Waals surface area contributed by atoms with Crippen LogP contribution in [0, 0.1) is 0 Å². The molecule has 1 nitrogen and oxygen atoms in total. The molecule has 2 atom stereocenters. The Labute approximate surface area is 70.1 Å². The smallest absolute Gasteiger partial charge is 0.0841 e. The number of ether oxygens (including phenoxy) is 1. The average Bonchev–Trinajstić information content (AvgIpc) is 2.83. The van der Waals surface area contributed by atoms with Crippen molar-refractivity contribution in [3.8, 4) is 0 Å². The quantitative estimate of drug-likeness (QED) is 0.531. The van der Waals surface area contributed by atoms with E-state index >= 15 is 0 Å². The molecule has 0 aromatic rings. The number of epoxide rings is 1. The van der Waals surface area contributed by atoms with E-state index in [0.29, 0.717) is 12.2 Å². The van der Waals surface area contributed by atoms with Crippen LogP contribution in [0.2, 0.25) is 0 Å². The van der Waals surface area contributed by atoms with Gasteiger partial charge in [0.1, 0.15) is 0 Å². The van der Waals surface area contributed by atoms with Crippen LogP contribution in [0.3, 0.4) is 0 Å². The largest absolute Gasteiger partial charge is 0.370 e. The average molecular weight is 156 g/mol. The van der Waals surface area contributed by atoms with Crippen molar-refractivity contribution >= 4 is 0 Å². The SMILES string of the molecule is C1CCC2OC2C1.CCCC. The Morgan fingerprint density at radius 2 is 1.45 bits per heavy atom. The highest BCUT2D eigenvalue weighted by molar-refractivity contribution is 4.87. The molecular weight excluding hydrogens is 136 g/mol. The molecular formula is C10H20O. The van der Waals surface area contributed by atoms with Crippen LogP contribution in [0.5, 0.6) is 0 Å². The van der Waals surface area contributed by atoms with Crippen molar-refractivity contribution in [3.05, 3.63) is 0 Å². The molecule has 1 saturated heterocycles. The van der Waals surface area contributed by atoms with Gasteiger partial charge in [0.05, 0.1) is 12.2 Å². The molecule has 0 spiro atoms. The molecule has 0 aromatic heterocycles. The van der Waals surface area contributed by atoms with Crippen molar-refractivity contribution in [3.63, 3.8) is 0 Å². The number of hydrogen-bond donors (Lipinski definition) is 0. The van der Waals surface area contributed by atoms with Gasteiger partial charge in [-0.25, -0.2) is 0 Å². The second-order valence-corrected chi connectivity index (χ2v) is 3.50. The van der Waals surface area contributed by atoms with Crippen LogP contribution >= 0.6 is 0 Å². The second kappa shape index (κ2) is 4.76. The maximum Gasteiger partial charge on any atom is 0.0841 e. The van der Waals surface area contributed by atoms with E-state index in [9.17, 15) is 0 Å². The van der Waals surface area contributed by atoms with Crippen LogP contribution in [-0.4, -0.2) is 12.2 Å². The fourth-order valence-corrected chi connectivity index (χ4v) is 1.38. The molecule has 0 bridgehead atoms. The lowest BCUT2D eigenvalue weighted by molar-refractivity contribution is 0.373. The van der Waals surface area contributed by atoms with E-state index in [2.05, 4.69) is 13.8 Å². The molecule has 1 aliphatic heterocycles. The highest BCUT2D eigenvalue weighted by Crippen LogP contribution is 2.35. The van der Waals surface area contributed by atoms with Crippen molar-refractivity contribution in [2.45, 2.75) is 64.6 Å². The summed E-state index contributed by atoms with van der Waals surface area (Å²) in [5, 5.41) is 0. The first kappa shape index (κ1) is 9.05. The molecule has 2 fully saturated rings. The minimum Gasteiger partial charge on any atom is -0.370 e. The van der Waals surface area contributed by atoms with Crippen molar-refractivity contribution in [2.75, 3.05) is 0 Å². The summed E-state index contributed by atoms with van der Waals surface area (Å²) in [6, 6.07) is 0. The summed E-state index contributed by atoms with van der Waals surface area (Å²) >= 11 is 0. The van der Waals surface area contributed by atoms with Gasteiger partial charge in [-0.2, -0.15) is 0 Å². The van der Waals surface area contributed by atoms with Crippen LogP contribution in [0.4, 0.5) is 0 Å². The van der Waals surface area contributed by atoms with Crippen molar-refractivity contribution in [1.82, 2.24) is 0 Å². The number of hydrogen-bond acceptors (Lipinski definition) is 1. The predicted molar refractivity (Wildman–Crippen MR) is 47.7 cm³/mol. The molecule has 1 aliphatic carbocycles. The summed E-state index contributed by atoms with van der Waals surface area (Å²) in [4.78, 5) is 0. The van der Waals surface area contributed by atoms with Crippen molar-refractivity contribution in [2.24, 2.45) is 0 Å². The van der Waals surface area contributed by atoms with E-state index in [0.717, 1.165) is 0 Å². The zero-order valence-electron chi connectivity index (χ0n) is 7.81. The fourth-order valence-electron chi connectivity index (χ4n) is 1.38. The van der Waals surface area contributed by atoms with Gasteiger partial charge in [0.2, 0.25) is 0 Å². The lowest BCUT2D eigenvalue weighted by atomic mass is 10.0. The lowest BCUT2D eigenvalue weighted by Crippen LogP contribution is -2.00. The standard InChI is InChI=1S/C6H10O.C4H10/c1-2-4-6-5(3-1)7-6;1-3-4-2/h5-6H,1-4H2;3-4H2,1-2H3. The van der Waals surface area contributed by atoms with Gasteiger partial charge in [-0.3, -0.25) is 0 Å². The van der Waals surface area contributed by atoms with Crippen LogP contribution in [-0.2, 0) is 4.74 Å². The first-order valence-electron chi connectivity index (χ1n) is 5.04. The summed E-state index contributed by atoms with van der Waals surface area (Å²) in [6.45, 7) is 4.36. The van der Waals surface area contributed by atoms with E-state index in [-0.39, 0.29) is 0 Å². The third kappa shape index (κ3) is 3.24. The first-order valence-corrected chi connectivity index (χ1v) is 5.04. The van der Waals surface area contributed by atoms with E-state index < -0.39 is 0 Å². The Bertz CT molecular complexity index is 89.0. The highest BCUT2D eigenvalue weighted by Gasteiger charge is 2.39. The normalized spacial score (nSPS) is 33.3. The van der Waals surface area contributed by atoms with Gasteiger partial charge in [-0.05, 0) is 12.8 Å². The molecule has 0 aromatic carbocycles. The van der Waals surface area contributed by atoms with Crippen LogP contribution in [0.15, 0.2) is 0 Å². The molecule has 2 aliphatic rings. The van der Waals surface area contributed by atoms with E-state index in [1.54, 1.807) is 0 Å². The first-order chi connectivity index (χ1) is 5.38. The molecule has 2 unspecified atom stereocenters. The third-order valence-corrected chi connectivity index (χ3v) is 2.41. The van der Waals surface area contributed by atoms with Gasteiger partial charge < -0.3 is 4.74 Å². The monoisotopic (exact) mass is 156 g/mol. The summed E-state index contributed by atoms with van der Waals surface area (Å²) in [5.74, 6) is 0. The molecule has 1 heterocycles. The summed E-state index contributed by atoms with van der Waals surface area (Å²) in [5.41, 5.74) is 0. The fraction of sp³-hybridized carbons (Fsp3) is 1.00. The highest BCUT2D eigenvalue weighted by atomic mass is 16.6. The third-order valence-electron chi connectivity index (χ3n) is 2.41. The number of rotatable bonds is 1. The Balaban J connectivity index is 0.000000134. The zero-order valence-corrected chi connectivity index (χ0v) is 7.81. The van der Waals surface area contributed by atoms with Crippen LogP contribution in [0.1, 0.15) is 52.4 Å². The molecule has 0 N–H and O–H groups in total. The Hall–Kier alpha value is -0.0400. The van der Waals surface area contributed by atoms with E-state index in [4.69, 9.17) is 4.74 Å². The molecule has 11 heavy (non-hydrogen) atoms. The molecule has 2 rings (SSSR count). The molecule has 0 amide bonds. The molecule has 0 radical (unpaired) electrons. The van der Waals surface area contributed by atoms with Gasteiger partial charge in [0, 0.05) is 0 Å². The predicted octanol–water partition coefficient (Wildman–Crippen LogP) is 3.13. The van der Waals surface area contributed by atoms with Gasteiger partial charge in [0.25, 0.3) is 0 Å². The minimum absolute atomic E-state index is 0.703. The summed E-state index contributed by atoms with van der Waals surface area (Å²) < 4.78 is 5.28. The topological polar surface area (TPSA) is 12.5 Å². The Kier molecular flexibility index (Phi) is 3.92. The minimum atomic E-state index is 0.703. The van der Waals surface area contributed by atoms with Gasteiger partial charge >= 0.3 is 0 Å². The van der Waals surface area contributed by atoms with Crippen LogP contribution < -0.4 is 0 Å². The molecule has 66 valence electrons. The second-order valence-electron chi connectivity index (χ2n) is 3.50. The Morgan fingerprint density at radius 1 is 1.00 bits per heavy atom. The maximum atomic E-state index is 5.28. The van der Waals surface area contributed by atoms with Gasteiger partial charge in [0.15, 0.2) is 0 Å². The van der Waals surface area contributed by atoms with E-state index in [1.807, 2.05) is 0 Å².